The molecule has 10 nitrogen and oxygen atoms in total. The van der Waals surface area contributed by atoms with E-state index in [1.54, 1.807) is 0 Å². The zero-order valence-corrected chi connectivity index (χ0v) is 36.8. The molecule has 0 spiro atoms. The predicted molar refractivity (Wildman–Crippen MR) is 242 cm³/mol. The first kappa shape index (κ1) is 55.4. The summed E-state index contributed by atoms with van der Waals surface area (Å²) in [6.45, 7) is 2.00. The number of carbonyl (C=O) groups excluding carboxylic acids is 2. The lowest BCUT2D eigenvalue weighted by molar-refractivity contribution is -0.161. The highest BCUT2D eigenvalue weighted by atomic mass is 31.2. The van der Waals surface area contributed by atoms with Gasteiger partial charge in [0.2, 0.25) is 0 Å². The third kappa shape index (κ3) is 42.3. The van der Waals surface area contributed by atoms with Crippen molar-refractivity contribution in [2.75, 3.05) is 26.4 Å². The number of hydrogen-bond acceptors (Lipinski definition) is 9. The van der Waals surface area contributed by atoms with Gasteiger partial charge in [0, 0.05) is 12.8 Å². The van der Waals surface area contributed by atoms with Gasteiger partial charge in [-0.3, -0.25) is 18.6 Å². The maximum Gasteiger partial charge on any atom is 0.472 e. The van der Waals surface area contributed by atoms with E-state index in [9.17, 15) is 24.2 Å². The van der Waals surface area contributed by atoms with Crippen LogP contribution in [0.2, 0.25) is 0 Å². The monoisotopic (exact) mass is 843 g/mol. The minimum Gasteiger partial charge on any atom is -0.462 e. The van der Waals surface area contributed by atoms with Crippen LogP contribution in [-0.4, -0.2) is 65.7 Å². The third-order valence-electron chi connectivity index (χ3n) is 8.12. The topological polar surface area (TPSA) is 149 Å². The van der Waals surface area contributed by atoms with Gasteiger partial charge in [0.1, 0.15) is 12.7 Å². The quantitative estimate of drug-likeness (QED) is 0.0237. The normalized spacial score (nSPS) is 15.0. The van der Waals surface area contributed by atoms with E-state index in [-0.39, 0.29) is 19.4 Å². The van der Waals surface area contributed by atoms with Crippen LogP contribution in [0, 0.1) is 0 Å². The molecule has 0 bridgehead atoms. The number of unbranched alkanes of at least 4 members (excludes halogenated alkanes) is 4. The fourth-order valence-corrected chi connectivity index (χ4v) is 5.68. The Morgan fingerprint density at radius 2 is 0.915 bits per heavy atom. The van der Waals surface area contributed by atoms with Crippen LogP contribution in [0.1, 0.15) is 129 Å². The molecule has 3 unspecified atom stereocenters. The molecule has 0 fully saturated rings. The van der Waals surface area contributed by atoms with Crippen LogP contribution in [0.5, 0.6) is 0 Å². The number of carbonyl (C=O) groups is 2. The number of allylic oxidation sites excluding steroid dienone is 20. The molecule has 0 aliphatic carbocycles. The maximum absolute atomic E-state index is 12.6. The fraction of sp³-hybridized carbons (Fsp3) is 0.542. The van der Waals surface area contributed by atoms with Gasteiger partial charge in [-0.05, 0) is 89.9 Å². The molecular formula is C48H75O10P. The standard InChI is InChI=1S/C48H75O10P/c1-3-5-7-9-11-13-15-17-19-21-22-24-26-28-30-32-34-36-38-40-48(52)58-46(44-57-59(53,54)56-42-45(50)41-49)43-55-47(51)39-37-35-33-31-29-27-25-23-20-18-16-14-12-10-8-6-4-2/h5-8,11-14,17-20,22,24-25,27-28,30,34,36,45-46,49-50H,3-4,9-10,15-16,21,23,26,29,31-33,35,37-44H2,1-2H3,(H,53,54)/b7-5-,8-6-,13-11-,14-12-,19-17-,20-18-,24-22-,27-25-,30-28-,36-34-. The number of esters is 2. The Morgan fingerprint density at radius 3 is 1.37 bits per heavy atom. The van der Waals surface area contributed by atoms with Crippen molar-refractivity contribution >= 4 is 19.8 Å². The number of aliphatic hydroxyl groups excluding tert-OH is 2. The lowest BCUT2D eigenvalue weighted by Gasteiger charge is -2.20. The van der Waals surface area contributed by atoms with Gasteiger partial charge in [0.15, 0.2) is 6.10 Å². The van der Waals surface area contributed by atoms with Gasteiger partial charge in [0.25, 0.3) is 0 Å². The van der Waals surface area contributed by atoms with Crippen LogP contribution in [-0.2, 0) is 32.7 Å². The molecule has 0 amide bonds. The van der Waals surface area contributed by atoms with Crippen LogP contribution in [0.25, 0.3) is 0 Å². The second-order valence-corrected chi connectivity index (χ2v) is 15.1. The Bertz CT molecular complexity index is 1390. The molecule has 0 aromatic rings. The van der Waals surface area contributed by atoms with Gasteiger partial charge in [-0.2, -0.15) is 0 Å². The first-order valence-corrected chi connectivity index (χ1v) is 23.0. The molecular weight excluding hydrogens is 767 g/mol. The second kappa shape index (κ2) is 42.5. The minimum absolute atomic E-state index is 0.0451. The highest BCUT2D eigenvalue weighted by Gasteiger charge is 2.27. The van der Waals surface area contributed by atoms with Crippen molar-refractivity contribution in [2.45, 2.75) is 142 Å². The van der Waals surface area contributed by atoms with E-state index in [0.717, 1.165) is 89.9 Å². The van der Waals surface area contributed by atoms with Crippen molar-refractivity contribution in [2.24, 2.45) is 0 Å². The summed E-state index contributed by atoms with van der Waals surface area (Å²) in [5.41, 5.74) is 0. The highest BCUT2D eigenvalue weighted by Crippen LogP contribution is 2.43. The van der Waals surface area contributed by atoms with Crippen molar-refractivity contribution in [1.82, 2.24) is 0 Å². The van der Waals surface area contributed by atoms with Crippen LogP contribution >= 0.6 is 7.82 Å². The molecule has 3 N–H and O–H groups in total. The highest BCUT2D eigenvalue weighted by molar-refractivity contribution is 7.47. The van der Waals surface area contributed by atoms with Crippen LogP contribution in [0.4, 0.5) is 0 Å². The van der Waals surface area contributed by atoms with Gasteiger partial charge < -0.3 is 24.6 Å². The van der Waals surface area contributed by atoms with Gasteiger partial charge in [0.05, 0.1) is 19.8 Å². The van der Waals surface area contributed by atoms with E-state index in [1.165, 1.54) is 0 Å². The Labute approximate surface area is 356 Å². The molecule has 0 aliphatic rings. The number of aliphatic hydroxyl groups is 2. The zero-order valence-electron chi connectivity index (χ0n) is 35.9. The van der Waals surface area contributed by atoms with Gasteiger partial charge in [-0.1, -0.05) is 148 Å². The van der Waals surface area contributed by atoms with Crippen molar-refractivity contribution in [3.05, 3.63) is 122 Å². The molecule has 0 radical (unpaired) electrons. The summed E-state index contributed by atoms with van der Waals surface area (Å²) in [5, 5.41) is 18.3. The number of ether oxygens (including phenoxy) is 2. The Kier molecular flexibility index (Phi) is 39.9. The molecule has 0 aromatic heterocycles. The molecule has 332 valence electrons. The molecule has 0 aromatic carbocycles. The molecule has 3 atom stereocenters. The SMILES string of the molecule is CC/C=C\C/C=C\C/C=C\C/C=C\C/C=C\C/C=C\CCC(=O)OC(COC(=O)CCCCCC/C=C\C/C=C\C/C=C\C/C=C\CC)COP(=O)(O)OCC(O)CO. The van der Waals surface area contributed by atoms with Crippen LogP contribution in [0.3, 0.4) is 0 Å². The summed E-state index contributed by atoms with van der Waals surface area (Å²) in [4.78, 5) is 35.0. The number of phosphoric acid groups is 1. The fourth-order valence-electron chi connectivity index (χ4n) is 4.89. The first-order valence-electron chi connectivity index (χ1n) is 21.5. The summed E-state index contributed by atoms with van der Waals surface area (Å²) in [7, 11) is -4.65. The molecule has 0 rings (SSSR count). The Morgan fingerprint density at radius 1 is 0.508 bits per heavy atom. The summed E-state index contributed by atoms with van der Waals surface area (Å²) in [6, 6.07) is 0. The third-order valence-corrected chi connectivity index (χ3v) is 9.08. The first-order chi connectivity index (χ1) is 28.7. The van der Waals surface area contributed by atoms with E-state index in [2.05, 4.69) is 128 Å². The van der Waals surface area contributed by atoms with Crippen LogP contribution in [0.15, 0.2) is 122 Å². The molecule has 0 saturated carbocycles. The molecule has 0 aliphatic heterocycles. The van der Waals surface area contributed by atoms with Crippen molar-refractivity contribution < 1.29 is 47.8 Å². The molecule has 0 heterocycles. The van der Waals surface area contributed by atoms with Crippen molar-refractivity contribution in [1.29, 1.82) is 0 Å². The number of rotatable bonds is 38. The van der Waals surface area contributed by atoms with E-state index < -0.39 is 51.8 Å². The van der Waals surface area contributed by atoms with E-state index in [1.807, 2.05) is 12.2 Å². The van der Waals surface area contributed by atoms with Gasteiger partial charge in [-0.25, -0.2) is 4.57 Å². The maximum atomic E-state index is 12.6. The van der Waals surface area contributed by atoms with E-state index >= 15 is 0 Å². The largest absolute Gasteiger partial charge is 0.472 e. The summed E-state index contributed by atoms with van der Waals surface area (Å²) >= 11 is 0. The lowest BCUT2D eigenvalue weighted by Crippen LogP contribution is -2.29. The van der Waals surface area contributed by atoms with Crippen molar-refractivity contribution in [3.63, 3.8) is 0 Å². The Hall–Kier alpha value is -3.63. The van der Waals surface area contributed by atoms with Gasteiger partial charge >= 0.3 is 19.8 Å². The average molecular weight is 843 g/mol. The summed E-state index contributed by atoms with van der Waals surface area (Å²) in [6.07, 6.45) is 54.6. The van der Waals surface area contributed by atoms with E-state index in [0.29, 0.717) is 12.8 Å². The van der Waals surface area contributed by atoms with Crippen LogP contribution < -0.4 is 0 Å². The van der Waals surface area contributed by atoms with E-state index in [4.69, 9.17) is 19.1 Å². The molecule has 0 saturated heterocycles. The van der Waals surface area contributed by atoms with Crippen molar-refractivity contribution in [3.8, 4) is 0 Å². The lowest BCUT2D eigenvalue weighted by atomic mass is 10.1. The number of hydrogen-bond donors (Lipinski definition) is 3. The average Bonchev–Trinajstić information content (AvgIpc) is 3.22. The number of phosphoric ester groups is 1. The summed E-state index contributed by atoms with van der Waals surface area (Å²) in [5.74, 6) is -1.07. The predicted octanol–water partition coefficient (Wildman–Crippen LogP) is 11.6. The van der Waals surface area contributed by atoms with Gasteiger partial charge in [-0.15, -0.1) is 0 Å². The zero-order chi connectivity index (χ0) is 43.3. The smallest absolute Gasteiger partial charge is 0.462 e. The molecule has 11 heteroatoms. The Balaban J connectivity index is 4.50. The minimum atomic E-state index is -4.65. The summed E-state index contributed by atoms with van der Waals surface area (Å²) < 4.78 is 32.6. The second-order valence-electron chi connectivity index (χ2n) is 13.6. The molecule has 59 heavy (non-hydrogen) atoms.